The zero-order chi connectivity index (χ0) is 17.4. The van der Waals surface area contributed by atoms with E-state index < -0.39 is 6.04 Å². The molecule has 5 heteroatoms. The molecule has 1 aromatic rings. The second kappa shape index (κ2) is 6.45. The fraction of sp³-hybridized carbons (Fsp3) is 0.600. The van der Waals surface area contributed by atoms with Gasteiger partial charge in [0.25, 0.3) is 0 Å². The average molecular weight is 342 g/mol. The van der Waals surface area contributed by atoms with Gasteiger partial charge >= 0.3 is 0 Å². The second-order valence-electron chi connectivity index (χ2n) is 7.59. The number of fused-ring (bicyclic) bond motifs is 2. The third kappa shape index (κ3) is 2.95. The Morgan fingerprint density at radius 2 is 2.04 bits per heavy atom. The Morgan fingerprint density at radius 3 is 2.84 bits per heavy atom. The number of nitrogens with one attached hydrogen (secondary N) is 1. The van der Waals surface area contributed by atoms with E-state index in [4.69, 9.17) is 4.74 Å². The number of hydrogen-bond acceptors (Lipinski definition) is 3. The van der Waals surface area contributed by atoms with E-state index in [9.17, 15) is 9.59 Å². The van der Waals surface area contributed by atoms with Crippen LogP contribution in [0.2, 0.25) is 0 Å². The van der Waals surface area contributed by atoms with Crippen molar-refractivity contribution in [1.82, 2.24) is 10.2 Å². The van der Waals surface area contributed by atoms with Crippen LogP contribution in [0, 0.1) is 5.92 Å². The maximum absolute atomic E-state index is 12.8. The van der Waals surface area contributed by atoms with E-state index in [1.807, 2.05) is 0 Å². The summed E-state index contributed by atoms with van der Waals surface area (Å²) in [5, 5.41) is 2.97. The van der Waals surface area contributed by atoms with Gasteiger partial charge in [0.2, 0.25) is 11.8 Å². The SMILES string of the molecule is C[C@H](NC(=O)[C@H]1C[C@]12CCCc1ccccc12)C(=O)N1CCOCC1. The highest BCUT2D eigenvalue weighted by Gasteiger charge is 2.60. The lowest BCUT2D eigenvalue weighted by Gasteiger charge is -2.30. The molecular formula is C20H26N2O3. The number of hydrogen-bond donors (Lipinski definition) is 1. The van der Waals surface area contributed by atoms with Crippen molar-refractivity contribution in [2.24, 2.45) is 5.92 Å². The standard InChI is InChI=1S/C20H26N2O3/c1-14(19(24)22-9-11-25-12-10-22)21-18(23)17-13-20(17)8-4-6-15-5-2-3-7-16(15)20/h2-3,5,7,14,17H,4,6,8-13H2,1H3,(H,21,23)/t14-,17+,20-/m0/s1. The largest absolute Gasteiger partial charge is 0.378 e. The Kier molecular flexibility index (Phi) is 4.28. The molecule has 0 aromatic heterocycles. The molecule has 2 amide bonds. The number of nitrogens with zero attached hydrogens (tertiary/aromatic N) is 1. The Hall–Kier alpha value is -1.88. The van der Waals surface area contributed by atoms with E-state index >= 15 is 0 Å². The van der Waals surface area contributed by atoms with Crippen molar-refractivity contribution < 1.29 is 14.3 Å². The number of amides is 2. The highest BCUT2D eigenvalue weighted by Crippen LogP contribution is 2.60. The van der Waals surface area contributed by atoms with Crippen LogP contribution in [0.25, 0.3) is 0 Å². The molecule has 1 saturated carbocycles. The van der Waals surface area contributed by atoms with Crippen molar-refractivity contribution >= 4 is 11.8 Å². The van der Waals surface area contributed by atoms with Crippen LogP contribution in [0.15, 0.2) is 24.3 Å². The van der Waals surface area contributed by atoms with Gasteiger partial charge in [0, 0.05) is 24.4 Å². The van der Waals surface area contributed by atoms with Crippen molar-refractivity contribution in [3.63, 3.8) is 0 Å². The minimum absolute atomic E-state index is 0.00426. The molecule has 1 saturated heterocycles. The normalized spacial score (nSPS) is 29.0. The van der Waals surface area contributed by atoms with Gasteiger partial charge in [-0.25, -0.2) is 0 Å². The smallest absolute Gasteiger partial charge is 0.245 e. The Morgan fingerprint density at radius 1 is 1.28 bits per heavy atom. The summed E-state index contributed by atoms with van der Waals surface area (Å²) < 4.78 is 5.29. The molecule has 3 atom stereocenters. The maximum atomic E-state index is 12.8. The highest BCUT2D eigenvalue weighted by molar-refractivity contribution is 5.90. The van der Waals surface area contributed by atoms with Gasteiger partial charge in [-0.15, -0.1) is 0 Å². The minimum atomic E-state index is -0.470. The lowest BCUT2D eigenvalue weighted by molar-refractivity contribution is -0.139. The predicted octanol–water partition coefficient (Wildman–Crippen LogP) is 1.64. The molecule has 0 unspecified atom stereocenters. The van der Waals surface area contributed by atoms with Gasteiger partial charge < -0.3 is 15.0 Å². The zero-order valence-corrected chi connectivity index (χ0v) is 14.8. The number of carbonyl (C=O) groups is 2. The number of aryl methyl sites for hydroxylation is 1. The summed E-state index contributed by atoms with van der Waals surface area (Å²) in [5.74, 6) is 0.0371. The van der Waals surface area contributed by atoms with Gasteiger partial charge in [0.1, 0.15) is 6.04 Å². The molecule has 0 bridgehead atoms. The molecule has 4 rings (SSSR count). The summed E-state index contributed by atoms with van der Waals surface area (Å²) in [4.78, 5) is 27.1. The molecule has 1 aromatic carbocycles. The predicted molar refractivity (Wildman–Crippen MR) is 94.2 cm³/mol. The molecule has 3 aliphatic rings. The van der Waals surface area contributed by atoms with E-state index in [0.29, 0.717) is 26.3 Å². The van der Waals surface area contributed by atoms with Crippen LogP contribution in [0.3, 0.4) is 0 Å². The van der Waals surface area contributed by atoms with Crippen LogP contribution in [0.1, 0.15) is 37.3 Å². The molecule has 2 aliphatic carbocycles. The van der Waals surface area contributed by atoms with Crippen LogP contribution in [-0.4, -0.2) is 49.1 Å². The first-order valence-corrected chi connectivity index (χ1v) is 9.37. The van der Waals surface area contributed by atoms with Gasteiger partial charge in [0.15, 0.2) is 0 Å². The van der Waals surface area contributed by atoms with Crippen LogP contribution in [-0.2, 0) is 26.2 Å². The summed E-state index contributed by atoms with van der Waals surface area (Å²) in [6.07, 6.45) is 4.24. The average Bonchev–Trinajstić information content (AvgIpc) is 3.37. The third-order valence-electron chi connectivity index (χ3n) is 6.07. The fourth-order valence-corrected chi connectivity index (χ4v) is 4.61. The van der Waals surface area contributed by atoms with Gasteiger partial charge in [-0.2, -0.15) is 0 Å². The molecule has 1 heterocycles. The van der Waals surface area contributed by atoms with Crippen LogP contribution >= 0.6 is 0 Å². The number of rotatable bonds is 3. The van der Waals surface area contributed by atoms with E-state index in [0.717, 1.165) is 25.7 Å². The van der Waals surface area contributed by atoms with Gasteiger partial charge in [-0.1, -0.05) is 24.3 Å². The molecule has 1 spiro atoms. The number of morpholine rings is 1. The van der Waals surface area contributed by atoms with Crippen molar-refractivity contribution in [2.75, 3.05) is 26.3 Å². The molecule has 134 valence electrons. The topological polar surface area (TPSA) is 58.6 Å². The van der Waals surface area contributed by atoms with E-state index in [-0.39, 0.29) is 23.1 Å². The first-order valence-electron chi connectivity index (χ1n) is 9.37. The molecular weight excluding hydrogens is 316 g/mol. The van der Waals surface area contributed by atoms with E-state index in [1.165, 1.54) is 11.1 Å². The summed E-state index contributed by atoms with van der Waals surface area (Å²) in [6, 6.07) is 8.06. The lowest BCUT2D eigenvalue weighted by Crippen LogP contribution is -2.51. The molecule has 2 fully saturated rings. The Balaban J connectivity index is 1.41. The number of carbonyl (C=O) groups excluding carboxylic acids is 2. The van der Waals surface area contributed by atoms with Crippen molar-refractivity contribution in [3.8, 4) is 0 Å². The molecule has 1 N–H and O–H groups in total. The van der Waals surface area contributed by atoms with Crippen LogP contribution in [0.4, 0.5) is 0 Å². The summed E-state index contributed by atoms with van der Waals surface area (Å²) >= 11 is 0. The second-order valence-corrected chi connectivity index (χ2v) is 7.59. The first kappa shape index (κ1) is 16.6. The molecule has 5 nitrogen and oxygen atoms in total. The zero-order valence-electron chi connectivity index (χ0n) is 14.8. The Bertz CT molecular complexity index is 683. The van der Waals surface area contributed by atoms with Crippen molar-refractivity contribution in [1.29, 1.82) is 0 Å². The molecule has 1 aliphatic heterocycles. The summed E-state index contributed by atoms with van der Waals surface area (Å²) in [7, 11) is 0. The molecule has 25 heavy (non-hydrogen) atoms. The number of benzene rings is 1. The molecule has 0 radical (unpaired) electrons. The van der Waals surface area contributed by atoms with E-state index in [1.54, 1.807) is 11.8 Å². The number of ether oxygens (including phenoxy) is 1. The fourth-order valence-electron chi connectivity index (χ4n) is 4.61. The Labute approximate surface area is 148 Å². The highest BCUT2D eigenvalue weighted by atomic mass is 16.5. The first-order chi connectivity index (χ1) is 12.1. The third-order valence-corrected chi connectivity index (χ3v) is 6.07. The lowest BCUT2D eigenvalue weighted by atomic mass is 9.78. The van der Waals surface area contributed by atoms with Crippen LogP contribution < -0.4 is 5.32 Å². The van der Waals surface area contributed by atoms with E-state index in [2.05, 4.69) is 29.6 Å². The van der Waals surface area contributed by atoms with Gasteiger partial charge in [-0.05, 0) is 43.7 Å². The van der Waals surface area contributed by atoms with Gasteiger partial charge in [0.05, 0.1) is 13.2 Å². The van der Waals surface area contributed by atoms with Gasteiger partial charge in [-0.3, -0.25) is 9.59 Å². The van der Waals surface area contributed by atoms with Crippen LogP contribution in [0.5, 0.6) is 0 Å². The minimum Gasteiger partial charge on any atom is -0.378 e. The monoisotopic (exact) mass is 342 g/mol. The van der Waals surface area contributed by atoms with Crippen molar-refractivity contribution in [3.05, 3.63) is 35.4 Å². The summed E-state index contributed by atoms with van der Waals surface area (Å²) in [6.45, 7) is 4.17. The quantitative estimate of drug-likeness (QED) is 0.909. The summed E-state index contributed by atoms with van der Waals surface area (Å²) in [5.41, 5.74) is 2.76. The van der Waals surface area contributed by atoms with Crippen molar-refractivity contribution in [2.45, 2.75) is 44.1 Å². The maximum Gasteiger partial charge on any atom is 0.245 e.